The maximum atomic E-state index is 11.3. The number of aromatic nitrogens is 3. The maximum absolute atomic E-state index is 11.3. The molecule has 2 heterocycles. The van der Waals surface area contributed by atoms with Gasteiger partial charge in [-0.1, -0.05) is 23.7 Å². The predicted octanol–water partition coefficient (Wildman–Crippen LogP) is 5.24. The number of thiazole rings is 1. The summed E-state index contributed by atoms with van der Waals surface area (Å²) in [5, 5.41) is 14.8. The van der Waals surface area contributed by atoms with E-state index in [-0.39, 0.29) is 12.2 Å². The first-order valence-corrected chi connectivity index (χ1v) is 9.61. The molecule has 0 aliphatic heterocycles. The van der Waals surface area contributed by atoms with Gasteiger partial charge in [0.2, 0.25) is 0 Å². The standard InChI is InChI=1S/C19H14ClN5O2S/c1-11-21-8-13(12-5-6-16-18(7-12)28-10-23-16)19(24-11)22-9-14-15(20)3-2-4-17(14)25(26)27/h2-8,10H,9H2,1H3,(H,21,22,24). The van der Waals surface area contributed by atoms with E-state index >= 15 is 0 Å². The van der Waals surface area contributed by atoms with Gasteiger partial charge in [-0.25, -0.2) is 15.0 Å². The first kappa shape index (κ1) is 18.3. The Balaban J connectivity index is 1.71. The number of nitro groups is 1. The van der Waals surface area contributed by atoms with Gasteiger partial charge in [0.05, 0.1) is 31.2 Å². The van der Waals surface area contributed by atoms with Crippen molar-refractivity contribution in [1.82, 2.24) is 15.0 Å². The number of rotatable bonds is 5. The summed E-state index contributed by atoms with van der Waals surface area (Å²) >= 11 is 7.76. The summed E-state index contributed by atoms with van der Waals surface area (Å²) in [4.78, 5) is 24.0. The van der Waals surface area contributed by atoms with Crippen LogP contribution < -0.4 is 5.32 Å². The molecule has 1 N–H and O–H groups in total. The molecule has 28 heavy (non-hydrogen) atoms. The summed E-state index contributed by atoms with van der Waals surface area (Å²) in [5.74, 6) is 1.18. The number of benzene rings is 2. The second kappa shape index (κ2) is 7.49. The van der Waals surface area contributed by atoms with Crippen molar-refractivity contribution in [1.29, 1.82) is 0 Å². The molecule has 0 unspecified atom stereocenters. The Kier molecular flexibility index (Phi) is 4.89. The van der Waals surface area contributed by atoms with Crippen molar-refractivity contribution < 1.29 is 4.92 Å². The lowest BCUT2D eigenvalue weighted by atomic mass is 10.1. The zero-order valence-electron chi connectivity index (χ0n) is 14.7. The van der Waals surface area contributed by atoms with E-state index in [1.165, 1.54) is 6.07 Å². The first-order chi connectivity index (χ1) is 13.5. The third-order valence-corrected chi connectivity index (χ3v) is 5.42. The van der Waals surface area contributed by atoms with Crippen LogP contribution in [0.1, 0.15) is 11.4 Å². The van der Waals surface area contributed by atoms with Crippen LogP contribution in [0, 0.1) is 17.0 Å². The normalized spacial score (nSPS) is 10.9. The van der Waals surface area contributed by atoms with Gasteiger partial charge in [0.15, 0.2) is 0 Å². The Hall–Kier alpha value is -3.10. The number of nitro benzene ring substituents is 1. The summed E-state index contributed by atoms with van der Waals surface area (Å²) in [5.41, 5.74) is 4.86. The van der Waals surface area contributed by atoms with Gasteiger partial charge in [-0.2, -0.15) is 0 Å². The van der Waals surface area contributed by atoms with Crippen LogP contribution in [0.3, 0.4) is 0 Å². The Morgan fingerprint density at radius 2 is 2.11 bits per heavy atom. The molecule has 0 fully saturated rings. The molecule has 0 aliphatic rings. The van der Waals surface area contributed by atoms with Crippen LogP contribution in [0.5, 0.6) is 0 Å². The molecule has 9 heteroatoms. The fraction of sp³-hybridized carbons (Fsp3) is 0.105. The fourth-order valence-electron chi connectivity index (χ4n) is 2.90. The molecule has 0 amide bonds. The maximum Gasteiger partial charge on any atom is 0.275 e. The molecule has 0 saturated heterocycles. The minimum atomic E-state index is -0.438. The third-order valence-electron chi connectivity index (χ3n) is 4.27. The van der Waals surface area contributed by atoms with Gasteiger partial charge in [0.25, 0.3) is 5.69 Å². The van der Waals surface area contributed by atoms with Gasteiger partial charge in [-0.05, 0) is 30.7 Å². The van der Waals surface area contributed by atoms with E-state index in [2.05, 4.69) is 20.3 Å². The SMILES string of the molecule is Cc1ncc(-c2ccc3ncsc3c2)c(NCc2c(Cl)cccc2[N+](=O)[O-])n1. The number of aryl methyl sites for hydroxylation is 1. The number of nitrogens with zero attached hydrogens (tertiary/aromatic N) is 4. The van der Waals surface area contributed by atoms with Crippen molar-refractivity contribution in [2.75, 3.05) is 5.32 Å². The van der Waals surface area contributed by atoms with Crippen molar-refractivity contribution in [2.24, 2.45) is 0 Å². The number of nitrogens with one attached hydrogen (secondary N) is 1. The fourth-order valence-corrected chi connectivity index (χ4v) is 3.86. The molecule has 0 bridgehead atoms. The van der Waals surface area contributed by atoms with E-state index in [4.69, 9.17) is 11.6 Å². The van der Waals surface area contributed by atoms with Crippen LogP contribution in [0.15, 0.2) is 48.1 Å². The van der Waals surface area contributed by atoms with Gasteiger partial charge in [0, 0.05) is 24.4 Å². The molecule has 0 atom stereocenters. The summed E-state index contributed by atoms with van der Waals surface area (Å²) in [6, 6.07) is 10.6. The monoisotopic (exact) mass is 411 g/mol. The Morgan fingerprint density at radius 3 is 2.93 bits per heavy atom. The van der Waals surface area contributed by atoms with E-state index < -0.39 is 4.92 Å². The average molecular weight is 412 g/mol. The largest absolute Gasteiger partial charge is 0.365 e. The Morgan fingerprint density at radius 1 is 1.25 bits per heavy atom. The van der Waals surface area contributed by atoms with Crippen LogP contribution in [-0.2, 0) is 6.54 Å². The molecule has 7 nitrogen and oxygen atoms in total. The van der Waals surface area contributed by atoms with Crippen LogP contribution >= 0.6 is 22.9 Å². The summed E-state index contributed by atoms with van der Waals surface area (Å²) in [6.45, 7) is 1.96. The van der Waals surface area contributed by atoms with Crippen molar-refractivity contribution >= 4 is 44.7 Å². The molecule has 4 aromatic rings. The van der Waals surface area contributed by atoms with E-state index in [1.807, 2.05) is 18.2 Å². The summed E-state index contributed by atoms with van der Waals surface area (Å²) in [7, 11) is 0. The molecule has 0 radical (unpaired) electrons. The van der Waals surface area contributed by atoms with Crippen molar-refractivity contribution in [3.05, 3.63) is 74.6 Å². The van der Waals surface area contributed by atoms with Gasteiger partial charge in [0.1, 0.15) is 11.6 Å². The second-order valence-corrected chi connectivity index (χ2v) is 7.36. The van der Waals surface area contributed by atoms with E-state index in [0.717, 1.165) is 21.3 Å². The second-order valence-electron chi connectivity index (χ2n) is 6.06. The Labute approximate surface area is 169 Å². The quantitative estimate of drug-likeness (QED) is 0.356. The van der Waals surface area contributed by atoms with Crippen LogP contribution in [0.2, 0.25) is 5.02 Å². The molecule has 4 rings (SSSR count). The van der Waals surface area contributed by atoms with E-state index in [1.54, 1.807) is 42.1 Å². The van der Waals surface area contributed by atoms with Crippen LogP contribution in [-0.4, -0.2) is 19.9 Å². The molecule has 140 valence electrons. The zero-order valence-corrected chi connectivity index (χ0v) is 16.3. The highest BCUT2D eigenvalue weighted by molar-refractivity contribution is 7.16. The van der Waals surface area contributed by atoms with Gasteiger partial charge < -0.3 is 5.32 Å². The van der Waals surface area contributed by atoms with Gasteiger partial charge in [-0.15, -0.1) is 11.3 Å². The molecular weight excluding hydrogens is 398 g/mol. The van der Waals surface area contributed by atoms with E-state index in [0.29, 0.717) is 22.2 Å². The smallest absolute Gasteiger partial charge is 0.275 e. The lowest BCUT2D eigenvalue weighted by Crippen LogP contribution is -2.07. The minimum absolute atomic E-state index is 0.0293. The van der Waals surface area contributed by atoms with Gasteiger partial charge >= 0.3 is 0 Å². The minimum Gasteiger partial charge on any atom is -0.365 e. The highest BCUT2D eigenvalue weighted by Crippen LogP contribution is 2.32. The van der Waals surface area contributed by atoms with Gasteiger partial charge in [-0.3, -0.25) is 10.1 Å². The van der Waals surface area contributed by atoms with Crippen LogP contribution in [0.25, 0.3) is 21.3 Å². The lowest BCUT2D eigenvalue weighted by Gasteiger charge is -2.13. The number of fused-ring (bicyclic) bond motifs is 1. The molecule has 0 aliphatic carbocycles. The Bertz CT molecular complexity index is 1190. The molecule has 2 aromatic heterocycles. The van der Waals surface area contributed by atoms with Crippen molar-refractivity contribution in [2.45, 2.75) is 13.5 Å². The molecule has 0 spiro atoms. The number of hydrogen-bond acceptors (Lipinski definition) is 7. The first-order valence-electron chi connectivity index (χ1n) is 8.36. The number of halogens is 1. The topological polar surface area (TPSA) is 93.8 Å². The highest BCUT2D eigenvalue weighted by atomic mass is 35.5. The number of hydrogen-bond donors (Lipinski definition) is 1. The lowest BCUT2D eigenvalue weighted by molar-refractivity contribution is -0.385. The van der Waals surface area contributed by atoms with Crippen LogP contribution in [0.4, 0.5) is 11.5 Å². The number of anilines is 1. The predicted molar refractivity (Wildman–Crippen MR) is 111 cm³/mol. The van der Waals surface area contributed by atoms with Crippen molar-refractivity contribution in [3.63, 3.8) is 0 Å². The zero-order chi connectivity index (χ0) is 19.7. The van der Waals surface area contributed by atoms with Crippen molar-refractivity contribution in [3.8, 4) is 11.1 Å². The summed E-state index contributed by atoms with van der Waals surface area (Å²) in [6.07, 6.45) is 1.74. The summed E-state index contributed by atoms with van der Waals surface area (Å²) < 4.78 is 1.06. The molecule has 0 saturated carbocycles. The highest BCUT2D eigenvalue weighted by Gasteiger charge is 2.17. The molecule has 2 aromatic carbocycles. The molecular formula is C19H14ClN5O2S. The third kappa shape index (κ3) is 3.51. The average Bonchev–Trinajstić information content (AvgIpc) is 3.14. The van der Waals surface area contributed by atoms with E-state index in [9.17, 15) is 10.1 Å².